The van der Waals surface area contributed by atoms with Crippen LogP contribution in [0.25, 0.3) is 0 Å². The fraction of sp³-hybridized carbons (Fsp3) is 0.588. The summed E-state index contributed by atoms with van der Waals surface area (Å²) in [6.45, 7) is 6.38. The van der Waals surface area contributed by atoms with Gasteiger partial charge in [0.15, 0.2) is 0 Å². The molecule has 1 fully saturated rings. The molecule has 0 bridgehead atoms. The fourth-order valence-electron chi connectivity index (χ4n) is 2.91. The van der Waals surface area contributed by atoms with Crippen LogP contribution in [0.4, 0.5) is 0 Å². The van der Waals surface area contributed by atoms with Crippen molar-refractivity contribution in [2.45, 2.75) is 45.6 Å². The summed E-state index contributed by atoms with van der Waals surface area (Å²) >= 11 is 0. The summed E-state index contributed by atoms with van der Waals surface area (Å²) in [6.07, 6.45) is 3.74. The molecule has 1 amide bonds. The van der Waals surface area contributed by atoms with Gasteiger partial charge in [-0.2, -0.15) is 0 Å². The van der Waals surface area contributed by atoms with Gasteiger partial charge in [-0.1, -0.05) is 29.8 Å². The van der Waals surface area contributed by atoms with E-state index in [1.807, 2.05) is 0 Å². The van der Waals surface area contributed by atoms with Crippen LogP contribution in [-0.4, -0.2) is 25.0 Å². The van der Waals surface area contributed by atoms with E-state index in [1.54, 1.807) is 0 Å². The van der Waals surface area contributed by atoms with Crippen LogP contribution in [0.5, 0.6) is 0 Å². The molecule has 20 heavy (non-hydrogen) atoms. The summed E-state index contributed by atoms with van der Waals surface area (Å²) in [4.78, 5) is 12.0. The Balaban J connectivity index is 1.74. The van der Waals surface area contributed by atoms with Crippen molar-refractivity contribution in [3.8, 4) is 0 Å². The highest BCUT2D eigenvalue weighted by Gasteiger charge is 2.20. The zero-order valence-electron chi connectivity index (χ0n) is 12.6. The molecule has 0 radical (unpaired) electrons. The Kier molecular flexibility index (Phi) is 5.60. The molecule has 0 spiro atoms. The second-order valence-corrected chi connectivity index (χ2v) is 5.93. The van der Waals surface area contributed by atoms with E-state index >= 15 is 0 Å². The Labute approximate surface area is 122 Å². The van der Waals surface area contributed by atoms with Crippen LogP contribution in [0.15, 0.2) is 24.3 Å². The van der Waals surface area contributed by atoms with Gasteiger partial charge in [0.1, 0.15) is 0 Å². The van der Waals surface area contributed by atoms with E-state index in [-0.39, 0.29) is 5.91 Å². The molecule has 110 valence electrons. The van der Waals surface area contributed by atoms with E-state index < -0.39 is 0 Å². The predicted molar refractivity (Wildman–Crippen MR) is 82.7 cm³/mol. The maximum atomic E-state index is 12.0. The number of aryl methyl sites for hydroxylation is 2. The Morgan fingerprint density at radius 1 is 1.40 bits per heavy atom. The van der Waals surface area contributed by atoms with Crippen molar-refractivity contribution in [3.63, 3.8) is 0 Å². The Bertz CT molecular complexity index is 438. The predicted octanol–water partition coefficient (Wildman–Crippen LogP) is 2.43. The van der Waals surface area contributed by atoms with Crippen LogP contribution >= 0.6 is 0 Å². The lowest BCUT2D eigenvalue weighted by molar-refractivity contribution is -0.122. The number of benzene rings is 1. The van der Waals surface area contributed by atoms with Crippen molar-refractivity contribution in [1.82, 2.24) is 10.6 Å². The van der Waals surface area contributed by atoms with E-state index in [9.17, 15) is 4.79 Å². The molecule has 0 aromatic heterocycles. The normalized spacial score (nSPS) is 17.7. The van der Waals surface area contributed by atoms with Crippen LogP contribution in [0, 0.1) is 12.8 Å². The molecular formula is C17H26N2O. The minimum Gasteiger partial charge on any atom is -0.353 e. The number of piperidine rings is 1. The standard InChI is InChI=1S/C17H26N2O/c1-13-4-3-5-15(12-13)6-7-17(20)19-14(2)16-8-10-18-11-9-16/h3-5,12,14,16,18H,6-11H2,1-2H3,(H,19,20). The van der Waals surface area contributed by atoms with Gasteiger partial charge in [0.05, 0.1) is 0 Å². The highest BCUT2D eigenvalue weighted by Crippen LogP contribution is 2.16. The maximum Gasteiger partial charge on any atom is 0.220 e. The first-order chi connectivity index (χ1) is 9.65. The van der Waals surface area contributed by atoms with E-state index in [1.165, 1.54) is 24.0 Å². The molecule has 1 aliphatic rings. The zero-order valence-corrected chi connectivity index (χ0v) is 12.6. The Morgan fingerprint density at radius 3 is 2.85 bits per heavy atom. The van der Waals surface area contributed by atoms with Crippen molar-refractivity contribution in [3.05, 3.63) is 35.4 Å². The molecule has 0 saturated carbocycles. The van der Waals surface area contributed by atoms with Gasteiger partial charge in [-0.05, 0) is 57.7 Å². The van der Waals surface area contributed by atoms with Gasteiger partial charge < -0.3 is 10.6 Å². The van der Waals surface area contributed by atoms with Gasteiger partial charge in [0, 0.05) is 12.5 Å². The quantitative estimate of drug-likeness (QED) is 0.866. The third-order valence-electron chi connectivity index (χ3n) is 4.20. The molecule has 1 heterocycles. The maximum absolute atomic E-state index is 12.0. The van der Waals surface area contributed by atoms with Crippen LogP contribution in [0.2, 0.25) is 0 Å². The summed E-state index contributed by atoms with van der Waals surface area (Å²) in [7, 11) is 0. The van der Waals surface area contributed by atoms with Gasteiger partial charge >= 0.3 is 0 Å². The number of nitrogens with one attached hydrogen (secondary N) is 2. The number of hydrogen-bond donors (Lipinski definition) is 2. The number of carbonyl (C=O) groups excluding carboxylic acids is 1. The molecule has 3 nitrogen and oxygen atoms in total. The molecule has 1 unspecified atom stereocenters. The van der Waals surface area contributed by atoms with Gasteiger partial charge in [-0.3, -0.25) is 4.79 Å². The minimum absolute atomic E-state index is 0.178. The third-order valence-corrected chi connectivity index (χ3v) is 4.20. The van der Waals surface area contributed by atoms with E-state index in [2.05, 4.69) is 48.7 Å². The number of hydrogen-bond acceptors (Lipinski definition) is 2. The Hall–Kier alpha value is -1.35. The average molecular weight is 274 g/mol. The first-order valence-electron chi connectivity index (χ1n) is 7.71. The molecule has 2 rings (SSSR count). The Morgan fingerprint density at radius 2 is 2.15 bits per heavy atom. The van der Waals surface area contributed by atoms with Crippen LogP contribution < -0.4 is 10.6 Å². The number of amides is 1. The topological polar surface area (TPSA) is 41.1 Å². The SMILES string of the molecule is Cc1cccc(CCC(=O)NC(C)C2CCNCC2)c1. The van der Waals surface area contributed by atoms with Gasteiger partial charge in [-0.25, -0.2) is 0 Å². The average Bonchev–Trinajstić information content (AvgIpc) is 2.46. The lowest BCUT2D eigenvalue weighted by atomic mass is 9.91. The van der Waals surface area contributed by atoms with Gasteiger partial charge in [-0.15, -0.1) is 0 Å². The first-order valence-corrected chi connectivity index (χ1v) is 7.71. The highest BCUT2D eigenvalue weighted by atomic mass is 16.1. The molecule has 3 heteroatoms. The van der Waals surface area contributed by atoms with Crippen molar-refractivity contribution < 1.29 is 4.79 Å². The molecular weight excluding hydrogens is 248 g/mol. The van der Waals surface area contributed by atoms with Gasteiger partial charge in [0.25, 0.3) is 0 Å². The molecule has 1 atom stereocenters. The van der Waals surface area contributed by atoms with Crippen molar-refractivity contribution >= 4 is 5.91 Å². The molecule has 1 aliphatic heterocycles. The van der Waals surface area contributed by atoms with E-state index in [0.29, 0.717) is 18.4 Å². The highest BCUT2D eigenvalue weighted by molar-refractivity contribution is 5.76. The minimum atomic E-state index is 0.178. The molecule has 1 saturated heterocycles. The summed E-state index contributed by atoms with van der Waals surface area (Å²) in [5, 5.41) is 6.53. The summed E-state index contributed by atoms with van der Waals surface area (Å²) in [5.41, 5.74) is 2.50. The first kappa shape index (κ1) is 15.0. The smallest absolute Gasteiger partial charge is 0.220 e. The van der Waals surface area contributed by atoms with Crippen LogP contribution in [-0.2, 0) is 11.2 Å². The van der Waals surface area contributed by atoms with Crippen molar-refractivity contribution in [1.29, 1.82) is 0 Å². The second kappa shape index (κ2) is 7.44. The fourth-order valence-corrected chi connectivity index (χ4v) is 2.91. The number of carbonyl (C=O) groups is 1. The summed E-state index contributed by atoms with van der Waals surface area (Å²) in [6, 6.07) is 8.69. The van der Waals surface area contributed by atoms with E-state index in [0.717, 1.165) is 19.5 Å². The lowest BCUT2D eigenvalue weighted by Crippen LogP contribution is -2.42. The lowest BCUT2D eigenvalue weighted by Gasteiger charge is -2.28. The van der Waals surface area contributed by atoms with E-state index in [4.69, 9.17) is 0 Å². The zero-order chi connectivity index (χ0) is 14.4. The van der Waals surface area contributed by atoms with Gasteiger partial charge in [0.2, 0.25) is 5.91 Å². The molecule has 1 aromatic carbocycles. The summed E-state index contributed by atoms with van der Waals surface area (Å²) < 4.78 is 0. The molecule has 1 aromatic rings. The van der Waals surface area contributed by atoms with Crippen LogP contribution in [0.3, 0.4) is 0 Å². The summed E-state index contributed by atoms with van der Waals surface area (Å²) in [5.74, 6) is 0.803. The monoisotopic (exact) mass is 274 g/mol. The molecule has 0 aliphatic carbocycles. The van der Waals surface area contributed by atoms with Crippen molar-refractivity contribution in [2.24, 2.45) is 5.92 Å². The third kappa shape index (κ3) is 4.64. The second-order valence-electron chi connectivity index (χ2n) is 5.93. The molecule has 2 N–H and O–H groups in total. The van der Waals surface area contributed by atoms with Crippen molar-refractivity contribution in [2.75, 3.05) is 13.1 Å². The van der Waals surface area contributed by atoms with Crippen LogP contribution in [0.1, 0.15) is 37.3 Å². The largest absolute Gasteiger partial charge is 0.353 e. The number of rotatable bonds is 5.